The van der Waals surface area contributed by atoms with Gasteiger partial charge in [-0.3, -0.25) is 4.68 Å². The third kappa shape index (κ3) is 3.80. The van der Waals surface area contributed by atoms with Crippen LogP contribution in [0.15, 0.2) is 6.33 Å². The molecule has 3 nitrogen and oxygen atoms in total. The number of nitrogens with zero attached hydrogens (tertiary/aromatic N) is 3. The largest absolute Gasteiger partial charge is 0.250 e. The Labute approximate surface area is 112 Å². The Morgan fingerprint density at radius 1 is 1.41 bits per heavy atom. The second kappa shape index (κ2) is 6.53. The second-order valence-corrected chi connectivity index (χ2v) is 6.38. The molecule has 1 aliphatic carbocycles. The van der Waals surface area contributed by atoms with Crippen LogP contribution in [0.5, 0.6) is 0 Å². The Morgan fingerprint density at radius 3 is 3.06 bits per heavy atom. The van der Waals surface area contributed by atoms with E-state index >= 15 is 0 Å². The molecule has 0 amide bonds. The normalized spacial score (nSPS) is 25.8. The molecule has 1 fully saturated rings. The van der Waals surface area contributed by atoms with Gasteiger partial charge in [0.25, 0.3) is 0 Å². The Bertz CT molecular complexity index is 337. The van der Waals surface area contributed by atoms with Gasteiger partial charge in [-0.15, -0.1) is 0 Å². The van der Waals surface area contributed by atoms with Crippen LogP contribution in [0.1, 0.15) is 51.3 Å². The summed E-state index contributed by atoms with van der Waals surface area (Å²) in [6.07, 6.45) is 10.6. The number of alkyl halides is 1. The molecule has 1 aromatic rings. The lowest BCUT2D eigenvalue weighted by Gasteiger charge is -2.16. The molecule has 0 radical (unpaired) electrons. The SMILES string of the molecule is CCCn1ncnc1CC1CCCCC(Br)C1. The van der Waals surface area contributed by atoms with E-state index in [1.54, 1.807) is 6.33 Å². The number of halogens is 1. The highest BCUT2D eigenvalue weighted by Gasteiger charge is 2.20. The fraction of sp³-hybridized carbons (Fsp3) is 0.846. The van der Waals surface area contributed by atoms with Crippen molar-refractivity contribution >= 4 is 15.9 Å². The van der Waals surface area contributed by atoms with Crippen molar-refractivity contribution in [2.24, 2.45) is 5.92 Å². The van der Waals surface area contributed by atoms with Gasteiger partial charge < -0.3 is 0 Å². The Hall–Kier alpha value is -0.380. The van der Waals surface area contributed by atoms with E-state index in [1.807, 2.05) is 0 Å². The summed E-state index contributed by atoms with van der Waals surface area (Å²) in [6, 6.07) is 0. The van der Waals surface area contributed by atoms with E-state index < -0.39 is 0 Å². The average Bonchev–Trinajstić information content (AvgIpc) is 2.61. The number of aromatic nitrogens is 3. The molecule has 2 rings (SSSR count). The van der Waals surface area contributed by atoms with Crippen molar-refractivity contribution in [3.05, 3.63) is 12.2 Å². The summed E-state index contributed by atoms with van der Waals surface area (Å²) in [5, 5.41) is 4.31. The van der Waals surface area contributed by atoms with Crippen molar-refractivity contribution in [2.45, 2.75) is 63.2 Å². The average molecular weight is 300 g/mol. The van der Waals surface area contributed by atoms with Crippen molar-refractivity contribution in [2.75, 3.05) is 0 Å². The standard InChI is InChI=1S/C13H22BrN3/c1-2-7-17-13(15-10-16-17)9-11-5-3-4-6-12(14)8-11/h10-12H,2-9H2,1H3. The lowest BCUT2D eigenvalue weighted by molar-refractivity contribution is 0.435. The van der Waals surface area contributed by atoms with Crippen LogP contribution in [-0.2, 0) is 13.0 Å². The van der Waals surface area contributed by atoms with Gasteiger partial charge in [-0.25, -0.2) is 4.98 Å². The molecule has 0 aromatic carbocycles. The molecule has 1 aromatic heterocycles. The van der Waals surface area contributed by atoms with Crippen LogP contribution < -0.4 is 0 Å². The van der Waals surface area contributed by atoms with Crippen LogP contribution in [0.2, 0.25) is 0 Å². The smallest absolute Gasteiger partial charge is 0.138 e. The van der Waals surface area contributed by atoms with E-state index in [-0.39, 0.29) is 0 Å². The molecule has 4 heteroatoms. The van der Waals surface area contributed by atoms with Gasteiger partial charge in [-0.2, -0.15) is 5.10 Å². The van der Waals surface area contributed by atoms with Crippen molar-refractivity contribution in [1.29, 1.82) is 0 Å². The van der Waals surface area contributed by atoms with Gasteiger partial charge in [0.15, 0.2) is 0 Å². The zero-order valence-electron chi connectivity index (χ0n) is 10.6. The van der Waals surface area contributed by atoms with Gasteiger partial charge in [-0.1, -0.05) is 35.7 Å². The predicted octanol–water partition coefficient (Wildman–Crippen LogP) is 3.57. The summed E-state index contributed by atoms with van der Waals surface area (Å²) in [5.41, 5.74) is 0. The Kier molecular flexibility index (Phi) is 5.01. The molecule has 2 unspecified atom stereocenters. The van der Waals surface area contributed by atoms with Crippen molar-refractivity contribution in [3.8, 4) is 0 Å². The molecule has 1 saturated carbocycles. The Balaban J connectivity index is 1.96. The molecule has 0 bridgehead atoms. The third-order valence-corrected chi connectivity index (χ3v) is 4.40. The fourth-order valence-corrected chi connectivity index (χ4v) is 3.54. The lowest BCUT2D eigenvalue weighted by atomic mass is 9.96. The molecule has 96 valence electrons. The van der Waals surface area contributed by atoms with Crippen LogP contribution in [0.3, 0.4) is 0 Å². The summed E-state index contributed by atoms with van der Waals surface area (Å²) in [6.45, 7) is 3.19. The summed E-state index contributed by atoms with van der Waals surface area (Å²) in [5.74, 6) is 1.96. The van der Waals surface area contributed by atoms with E-state index in [9.17, 15) is 0 Å². The highest BCUT2D eigenvalue weighted by atomic mass is 79.9. The summed E-state index contributed by atoms with van der Waals surface area (Å²) >= 11 is 3.79. The second-order valence-electron chi connectivity index (χ2n) is 5.09. The molecule has 0 N–H and O–H groups in total. The molecule has 1 heterocycles. The topological polar surface area (TPSA) is 30.7 Å². The monoisotopic (exact) mass is 299 g/mol. The highest BCUT2D eigenvalue weighted by Crippen LogP contribution is 2.29. The number of hydrogen-bond acceptors (Lipinski definition) is 2. The van der Waals surface area contributed by atoms with E-state index in [2.05, 4.69) is 37.6 Å². The highest BCUT2D eigenvalue weighted by molar-refractivity contribution is 9.09. The van der Waals surface area contributed by atoms with E-state index in [0.717, 1.165) is 25.3 Å². The zero-order valence-corrected chi connectivity index (χ0v) is 12.2. The van der Waals surface area contributed by atoms with E-state index in [1.165, 1.54) is 37.9 Å². The fourth-order valence-electron chi connectivity index (χ4n) is 2.68. The molecule has 2 atom stereocenters. The molecule has 17 heavy (non-hydrogen) atoms. The van der Waals surface area contributed by atoms with Crippen LogP contribution in [0.25, 0.3) is 0 Å². The van der Waals surface area contributed by atoms with Crippen LogP contribution in [0, 0.1) is 5.92 Å². The first-order valence-corrected chi connectivity index (χ1v) is 7.72. The molecule has 1 aliphatic rings. The maximum absolute atomic E-state index is 4.42. The van der Waals surface area contributed by atoms with Gasteiger partial charge in [0.05, 0.1) is 0 Å². The summed E-state index contributed by atoms with van der Waals surface area (Å²) in [7, 11) is 0. The first kappa shape index (κ1) is 13.1. The molecular weight excluding hydrogens is 278 g/mol. The molecule has 0 saturated heterocycles. The van der Waals surface area contributed by atoms with Crippen molar-refractivity contribution < 1.29 is 0 Å². The van der Waals surface area contributed by atoms with E-state index in [0.29, 0.717) is 4.83 Å². The van der Waals surface area contributed by atoms with Gasteiger partial charge in [0, 0.05) is 17.8 Å². The zero-order chi connectivity index (χ0) is 12.1. The maximum atomic E-state index is 4.42. The van der Waals surface area contributed by atoms with Crippen LogP contribution in [-0.4, -0.2) is 19.6 Å². The van der Waals surface area contributed by atoms with Gasteiger partial charge in [-0.05, 0) is 31.6 Å². The molecule has 0 spiro atoms. The number of hydrogen-bond donors (Lipinski definition) is 0. The maximum Gasteiger partial charge on any atom is 0.138 e. The third-order valence-electron chi connectivity index (χ3n) is 3.57. The minimum absolute atomic E-state index is 0.706. The first-order valence-electron chi connectivity index (χ1n) is 6.80. The molecule has 0 aliphatic heterocycles. The Morgan fingerprint density at radius 2 is 2.24 bits per heavy atom. The van der Waals surface area contributed by atoms with Crippen LogP contribution in [0.4, 0.5) is 0 Å². The first-order chi connectivity index (χ1) is 8.29. The molecular formula is C13H22BrN3. The van der Waals surface area contributed by atoms with Crippen LogP contribution >= 0.6 is 15.9 Å². The minimum atomic E-state index is 0.706. The van der Waals surface area contributed by atoms with Crippen molar-refractivity contribution in [1.82, 2.24) is 14.8 Å². The van der Waals surface area contributed by atoms with Gasteiger partial charge in [0.1, 0.15) is 12.2 Å². The summed E-state index contributed by atoms with van der Waals surface area (Å²) < 4.78 is 2.08. The van der Waals surface area contributed by atoms with Gasteiger partial charge in [0.2, 0.25) is 0 Å². The van der Waals surface area contributed by atoms with Gasteiger partial charge >= 0.3 is 0 Å². The van der Waals surface area contributed by atoms with Crippen molar-refractivity contribution in [3.63, 3.8) is 0 Å². The quantitative estimate of drug-likeness (QED) is 0.628. The number of aryl methyl sites for hydroxylation is 1. The number of rotatable bonds is 4. The summed E-state index contributed by atoms with van der Waals surface area (Å²) in [4.78, 5) is 5.13. The lowest BCUT2D eigenvalue weighted by Crippen LogP contribution is -2.13. The van der Waals surface area contributed by atoms with E-state index in [4.69, 9.17) is 0 Å². The predicted molar refractivity (Wildman–Crippen MR) is 73.3 cm³/mol. The minimum Gasteiger partial charge on any atom is -0.250 e.